The minimum absolute atomic E-state index is 0.432. The van der Waals surface area contributed by atoms with E-state index in [-0.39, 0.29) is 0 Å². The molecule has 5 heteroatoms. The van der Waals surface area contributed by atoms with E-state index in [1.54, 1.807) is 20.8 Å². The monoisotopic (exact) mass is 346 g/mol. The summed E-state index contributed by atoms with van der Waals surface area (Å²) < 4.78 is 5.80. The highest BCUT2D eigenvalue weighted by Crippen LogP contribution is 2.25. The largest absolute Gasteiger partial charge is 0.497 e. The van der Waals surface area contributed by atoms with Gasteiger partial charge in [0.05, 0.1) is 24.1 Å². The average molecular weight is 347 g/mol. The Kier molecular flexibility index (Phi) is 10.4. The van der Waals surface area contributed by atoms with Crippen molar-refractivity contribution in [3.05, 3.63) is 34.3 Å². The fraction of sp³-hybridized carbons (Fsp3) is 0.533. The highest BCUT2D eigenvalue weighted by Gasteiger charge is 2.22. The van der Waals surface area contributed by atoms with Gasteiger partial charge in [-0.3, -0.25) is 4.99 Å². The first-order valence-electron chi connectivity index (χ1n) is 6.45. The van der Waals surface area contributed by atoms with E-state index in [1.165, 1.54) is 13.3 Å². The zero-order valence-electron chi connectivity index (χ0n) is 13.5. The van der Waals surface area contributed by atoms with Crippen LogP contribution in [0.4, 0.5) is 0 Å². The van der Waals surface area contributed by atoms with Crippen molar-refractivity contribution in [3.8, 4) is 0 Å². The van der Waals surface area contributed by atoms with E-state index in [4.69, 9.17) is 10.5 Å². The van der Waals surface area contributed by atoms with Crippen molar-refractivity contribution in [1.82, 2.24) is 0 Å². The van der Waals surface area contributed by atoms with E-state index in [9.17, 15) is 5.11 Å². The van der Waals surface area contributed by atoms with Crippen LogP contribution in [-0.2, 0) is 4.74 Å². The van der Waals surface area contributed by atoms with Gasteiger partial charge in [-0.15, -0.1) is 0 Å². The van der Waals surface area contributed by atoms with Crippen molar-refractivity contribution in [2.75, 3.05) is 7.11 Å². The fourth-order valence-corrected chi connectivity index (χ4v) is 1.96. The number of ether oxygens (including phenoxy) is 1. The average Bonchev–Trinajstić information content (AvgIpc) is 2.37. The lowest BCUT2D eigenvalue weighted by Crippen LogP contribution is -2.22. The molecule has 0 saturated heterocycles. The van der Waals surface area contributed by atoms with Crippen LogP contribution in [0, 0.1) is 0 Å². The molecule has 3 N–H and O–H groups in total. The van der Waals surface area contributed by atoms with Crippen LogP contribution in [0.1, 0.15) is 41.5 Å². The number of nitrogens with two attached hydrogens (primary N) is 1. The van der Waals surface area contributed by atoms with E-state index >= 15 is 0 Å². The molecule has 0 aromatic heterocycles. The molecule has 0 aromatic carbocycles. The summed E-state index contributed by atoms with van der Waals surface area (Å²) in [5, 5.41) is 10.0. The van der Waals surface area contributed by atoms with Crippen molar-refractivity contribution in [2.24, 2.45) is 10.7 Å². The highest BCUT2D eigenvalue weighted by atomic mass is 79.9. The van der Waals surface area contributed by atoms with Gasteiger partial charge in [-0.1, -0.05) is 36.4 Å². The van der Waals surface area contributed by atoms with Crippen LogP contribution in [0.3, 0.4) is 0 Å². The third-order valence-corrected chi connectivity index (χ3v) is 2.66. The maximum Gasteiger partial charge on any atom is 0.122 e. The molecule has 20 heavy (non-hydrogen) atoms. The number of rotatable bonds is 5. The Bertz CT molecular complexity index is 412. The first-order chi connectivity index (χ1) is 9.15. The van der Waals surface area contributed by atoms with Crippen LogP contribution in [0.25, 0.3) is 0 Å². The highest BCUT2D eigenvalue weighted by molar-refractivity contribution is 9.11. The van der Waals surface area contributed by atoms with Gasteiger partial charge < -0.3 is 15.6 Å². The Morgan fingerprint density at radius 2 is 1.80 bits per heavy atom. The molecule has 0 heterocycles. The topological polar surface area (TPSA) is 67.8 Å². The molecule has 0 aliphatic rings. The Balaban J connectivity index is 0. The van der Waals surface area contributed by atoms with E-state index in [1.807, 2.05) is 20.8 Å². The molecular weight excluding hydrogens is 320 g/mol. The van der Waals surface area contributed by atoms with Gasteiger partial charge in [0.2, 0.25) is 0 Å². The lowest BCUT2D eigenvalue weighted by Gasteiger charge is -2.20. The first kappa shape index (κ1) is 21.2. The Hall–Kier alpha value is -1.07. The number of nitrogens with zero attached hydrogens (tertiary/aromatic N) is 1. The lowest BCUT2D eigenvalue weighted by molar-refractivity contribution is 0.118. The second-order valence-corrected chi connectivity index (χ2v) is 5.54. The van der Waals surface area contributed by atoms with Crippen molar-refractivity contribution in [2.45, 2.75) is 47.1 Å². The zero-order chi connectivity index (χ0) is 16.5. The predicted octanol–water partition coefficient (Wildman–Crippen LogP) is 3.87. The van der Waals surface area contributed by atoms with Crippen LogP contribution >= 0.6 is 15.9 Å². The predicted molar refractivity (Wildman–Crippen MR) is 90.8 cm³/mol. The summed E-state index contributed by atoms with van der Waals surface area (Å²) in [6.07, 6.45) is 1.39. The van der Waals surface area contributed by atoms with Gasteiger partial charge in [0, 0.05) is 10.7 Å². The molecule has 0 spiro atoms. The molecule has 0 unspecified atom stereocenters. The van der Waals surface area contributed by atoms with E-state index in [2.05, 4.69) is 27.5 Å². The van der Waals surface area contributed by atoms with Crippen LogP contribution < -0.4 is 5.73 Å². The van der Waals surface area contributed by atoms with Crippen LogP contribution in [-0.4, -0.2) is 23.5 Å². The molecular formula is C15H27BrN2O2. The Morgan fingerprint density at radius 1 is 1.35 bits per heavy atom. The molecule has 0 rings (SSSR count). The molecule has 0 aliphatic heterocycles. The van der Waals surface area contributed by atoms with Gasteiger partial charge in [0.15, 0.2) is 0 Å². The van der Waals surface area contributed by atoms with Crippen molar-refractivity contribution >= 4 is 21.6 Å². The molecule has 0 amide bonds. The molecule has 0 aliphatic carbocycles. The number of hydrogen-bond acceptors (Lipinski definition) is 4. The maximum absolute atomic E-state index is 10.0. The minimum Gasteiger partial charge on any atom is -0.497 e. The third kappa shape index (κ3) is 6.91. The maximum atomic E-state index is 10.0. The number of aliphatic hydroxyl groups is 1. The molecule has 0 aromatic rings. The normalized spacial score (nSPS) is 14.1. The van der Waals surface area contributed by atoms with Gasteiger partial charge in [-0.05, 0) is 27.7 Å². The fourth-order valence-electron chi connectivity index (χ4n) is 1.39. The van der Waals surface area contributed by atoms with Gasteiger partial charge in [0.1, 0.15) is 11.4 Å². The summed E-state index contributed by atoms with van der Waals surface area (Å²) in [4.78, 5) is 4.40. The SMILES string of the molecule is C=C(OC)C(=C/N)/C(C)=N\C(=C(/C)Br)C(C)(C)O.CC. The van der Waals surface area contributed by atoms with Gasteiger partial charge in [0.25, 0.3) is 0 Å². The second-order valence-electron chi connectivity index (χ2n) is 4.35. The van der Waals surface area contributed by atoms with Crippen molar-refractivity contribution < 1.29 is 9.84 Å². The summed E-state index contributed by atoms with van der Waals surface area (Å²) in [7, 11) is 1.52. The number of aliphatic imine (C=N–C) groups is 1. The van der Waals surface area contributed by atoms with E-state index < -0.39 is 5.60 Å². The molecule has 0 bridgehead atoms. The number of halogens is 1. The van der Waals surface area contributed by atoms with Crippen LogP contribution in [0.15, 0.2) is 39.3 Å². The quantitative estimate of drug-likeness (QED) is 0.451. The van der Waals surface area contributed by atoms with Crippen LogP contribution in [0.2, 0.25) is 0 Å². The summed E-state index contributed by atoms with van der Waals surface area (Å²) >= 11 is 3.34. The first-order valence-corrected chi connectivity index (χ1v) is 7.24. The molecule has 0 fully saturated rings. The number of methoxy groups -OCH3 is 1. The zero-order valence-corrected chi connectivity index (χ0v) is 15.1. The van der Waals surface area contributed by atoms with E-state index in [0.29, 0.717) is 22.7 Å². The lowest BCUT2D eigenvalue weighted by atomic mass is 10.0. The molecule has 116 valence electrons. The van der Waals surface area contributed by atoms with Gasteiger partial charge >= 0.3 is 0 Å². The second kappa shape index (κ2) is 9.77. The summed E-state index contributed by atoms with van der Waals surface area (Å²) in [5.41, 5.74) is 6.25. The molecule has 4 nitrogen and oxygen atoms in total. The Morgan fingerprint density at radius 3 is 2.05 bits per heavy atom. The smallest absolute Gasteiger partial charge is 0.122 e. The van der Waals surface area contributed by atoms with Crippen molar-refractivity contribution in [3.63, 3.8) is 0 Å². The Labute approximate surface area is 131 Å². The van der Waals surface area contributed by atoms with Gasteiger partial charge in [-0.25, -0.2) is 0 Å². The summed E-state index contributed by atoms with van der Waals surface area (Å²) in [5.74, 6) is 0.432. The number of allylic oxidation sites excluding steroid dienone is 2. The molecule has 0 radical (unpaired) electrons. The van der Waals surface area contributed by atoms with E-state index in [0.717, 1.165) is 4.48 Å². The van der Waals surface area contributed by atoms with Gasteiger partial charge in [-0.2, -0.15) is 0 Å². The summed E-state index contributed by atoms with van der Waals surface area (Å²) in [6, 6.07) is 0. The standard InChI is InChI=1S/C13H21BrN2O2.C2H6/c1-8(14)12(13(4,5)17)16-9(2)11(7-15)10(3)18-6;1-2/h7,17H,3,15H2,1-2,4-6H3;1-2H3/b11-7+,12-8+,16-9-;. The summed E-state index contributed by atoms with van der Waals surface area (Å²) in [6.45, 7) is 14.7. The third-order valence-electron chi connectivity index (χ3n) is 2.29. The van der Waals surface area contributed by atoms with Crippen LogP contribution in [0.5, 0.6) is 0 Å². The number of hydrogen-bond donors (Lipinski definition) is 2. The minimum atomic E-state index is -1.05. The van der Waals surface area contributed by atoms with Crippen molar-refractivity contribution in [1.29, 1.82) is 0 Å². The molecule has 0 atom stereocenters. The molecule has 0 saturated carbocycles.